The van der Waals surface area contributed by atoms with Gasteiger partial charge in [-0.05, 0) is 0 Å². The van der Waals surface area contributed by atoms with Gasteiger partial charge in [-0.1, -0.05) is 5.16 Å². The van der Waals surface area contributed by atoms with Crippen LogP contribution in [0.1, 0.15) is 0 Å². The molecule has 1 N–H and O–H groups in total. The van der Waals surface area contributed by atoms with Crippen LogP contribution in [-0.2, 0) is 4.79 Å². The Kier molecular flexibility index (Phi) is 3.32. The largest absolute Gasteiger partial charge is 0.411 e. The topological polar surface area (TPSA) is 49.7 Å². The molecule has 4 heteroatoms. The fourth-order valence-electron chi connectivity index (χ4n) is 0.0989. The van der Waals surface area contributed by atoms with Gasteiger partial charge in [0.25, 0.3) is 0 Å². The van der Waals surface area contributed by atoms with Gasteiger partial charge >= 0.3 is 0 Å². The van der Waals surface area contributed by atoms with E-state index in [1.807, 2.05) is 0 Å². The summed E-state index contributed by atoms with van der Waals surface area (Å²) in [7, 11) is 0. The van der Waals surface area contributed by atoms with Gasteiger partial charge in [0.05, 0.1) is 5.88 Å². The number of rotatable bonds is 2. The third kappa shape index (κ3) is 3.26. The minimum Gasteiger partial charge on any atom is -0.411 e. The average molecular weight is 122 g/mol. The van der Waals surface area contributed by atoms with Crippen LogP contribution in [0, 0.1) is 0 Å². The normalized spacial score (nSPS) is 9.86. The number of carbonyl (C=O) groups excluding carboxylic acids is 1. The summed E-state index contributed by atoms with van der Waals surface area (Å²) in [4.78, 5) is 9.97. The Bertz CT molecular complexity index is 90.9. The lowest BCUT2D eigenvalue weighted by Crippen LogP contribution is -1.98. The summed E-state index contributed by atoms with van der Waals surface area (Å²) >= 11 is 4.98. The lowest BCUT2D eigenvalue weighted by molar-refractivity contribution is -0.110. The summed E-state index contributed by atoms with van der Waals surface area (Å²) in [6, 6.07) is 0. The molecule has 40 valence electrons. The van der Waals surface area contributed by atoms with Crippen LogP contribution < -0.4 is 0 Å². The maximum absolute atomic E-state index is 9.97. The molecule has 0 unspecified atom stereocenters. The van der Waals surface area contributed by atoms with Crippen molar-refractivity contribution in [1.82, 2.24) is 0 Å². The Balaban J connectivity index is 3.37. The third-order valence-corrected chi connectivity index (χ3v) is 0.597. The predicted octanol–water partition coefficient (Wildman–Crippen LogP) is 0.254. The van der Waals surface area contributed by atoms with Crippen molar-refractivity contribution < 1.29 is 10.0 Å². The molecule has 0 aromatic heterocycles. The molecular weight excluding hydrogens is 117 g/mol. The second kappa shape index (κ2) is 3.61. The van der Waals surface area contributed by atoms with Crippen molar-refractivity contribution >= 4 is 23.6 Å². The standard InChI is InChI=1S/C3H4ClNO2/c4-1-3(6)2-5-7/h2,7H,1H2/b5-2-. The summed E-state index contributed by atoms with van der Waals surface area (Å²) in [6.45, 7) is 0. The highest BCUT2D eigenvalue weighted by Crippen LogP contribution is 1.72. The van der Waals surface area contributed by atoms with Crippen LogP contribution in [0.15, 0.2) is 5.16 Å². The summed E-state index contributed by atoms with van der Waals surface area (Å²) in [6.07, 6.45) is 0.757. The molecule has 0 saturated carbocycles. The van der Waals surface area contributed by atoms with Gasteiger partial charge in [0.15, 0.2) is 5.78 Å². The fourth-order valence-corrected chi connectivity index (χ4v) is 0.168. The Morgan fingerprint density at radius 3 is 2.71 bits per heavy atom. The first kappa shape index (κ1) is 6.43. The molecule has 0 aromatic rings. The van der Waals surface area contributed by atoms with Crippen molar-refractivity contribution in [1.29, 1.82) is 0 Å². The maximum atomic E-state index is 9.97. The van der Waals surface area contributed by atoms with Crippen LogP contribution >= 0.6 is 11.6 Å². The number of carbonyl (C=O) groups is 1. The molecule has 0 atom stereocenters. The first-order chi connectivity index (χ1) is 3.31. The van der Waals surface area contributed by atoms with E-state index in [2.05, 4.69) is 5.16 Å². The summed E-state index contributed by atoms with van der Waals surface area (Å²) in [5, 5.41) is 10.1. The third-order valence-electron chi connectivity index (χ3n) is 0.333. The van der Waals surface area contributed by atoms with Gasteiger partial charge in [-0.25, -0.2) is 0 Å². The van der Waals surface area contributed by atoms with Gasteiger partial charge in [0.2, 0.25) is 0 Å². The number of ketones is 1. The first-order valence-electron chi connectivity index (χ1n) is 1.57. The molecule has 0 spiro atoms. The number of hydrogen-bond donors (Lipinski definition) is 1. The average Bonchev–Trinajstić information content (AvgIpc) is 1.68. The molecule has 0 bridgehead atoms. The van der Waals surface area contributed by atoms with E-state index in [1.54, 1.807) is 0 Å². The summed E-state index contributed by atoms with van der Waals surface area (Å²) in [5.74, 6) is -0.534. The first-order valence-corrected chi connectivity index (χ1v) is 2.11. The quantitative estimate of drug-likeness (QED) is 0.247. The Morgan fingerprint density at radius 2 is 2.57 bits per heavy atom. The lowest BCUT2D eigenvalue weighted by atomic mass is 10.5. The van der Waals surface area contributed by atoms with Crippen molar-refractivity contribution in [2.45, 2.75) is 0 Å². The highest BCUT2D eigenvalue weighted by molar-refractivity contribution is 6.41. The lowest BCUT2D eigenvalue weighted by Gasteiger charge is -1.74. The predicted molar refractivity (Wildman–Crippen MR) is 26.0 cm³/mol. The van der Waals surface area contributed by atoms with Crippen LogP contribution in [0.3, 0.4) is 0 Å². The Hall–Kier alpha value is -0.570. The smallest absolute Gasteiger partial charge is 0.191 e. The molecule has 0 rings (SSSR count). The molecule has 0 fully saturated rings. The van der Waals surface area contributed by atoms with E-state index in [-0.39, 0.29) is 5.88 Å². The van der Waals surface area contributed by atoms with E-state index in [9.17, 15) is 4.79 Å². The monoisotopic (exact) mass is 121 g/mol. The van der Waals surface area contributed by atoms with E-state index in [4.69, 9.17) is 16.8 Å². The van der Waals surface area contributed by atoms with Crippen LogP contribution in [0.5, 0.6) is 0 Å². The molecule has 3 nitrogen and oxygen atoms in total. The zero-order valence-corrected chi connectivity index (χ0v) is 4.22. The molecule has 0 saturated heterocycles. The van der Waals surface area contributed by atoms with E-state index < -0.39 is 5.78 Å². The van der Waals surface area contributed by atoms with E-state index in [1.165, 1.54) is 0 Å². The number of alkyl halides is 1. The molecule has 7 heavy (non-hydrogen) atoms. The molecule has 0 aliphatic rings. The van der Waals surface area contributed by atoms with Crippen LogP contribution in [0.4, 0.5) is 0 Å². The van der Waals surface area contributed by atoms with Crippen molar-refractivity contribution in [3.8, 4) is 0 Å². The van der Waals surface area contributed by atoms with Crippen LogP contribution in [-0.4, -0.2) is 23.1 Å². The van der Waals surface area contributed by atoms with Crippen LogP contribution in [0.25, 0.3) is 0 Å². The van der Waals surface area contributed by atoms with Gasteiger partial charge in [-0.15, -0.1) is 11.6 Å². The number of hydrogen-bond acceptors (Lipinski definition) is 3. The van der Waals surface area contributed by atoms with Crippen LogP contribution in [0.2, 0.25) is 0 Å². The summed E-state index contributed by atoms with van der Waals surface area (Å²) in [5.41, 5.74) is 0. The van der Waals surface area contributed by atoms with Gasteiger partial charge in [0, 0.05) is 0 Å². The zero-order chi connectivity index (χ0) is 5.70. The van der Waals surface area contributed by atoms with Crippen molar-refractivity contribution in [3.05, 3.63) is 0 Å². The highest BCUT2D eigenvalue weighted by atomic mass is 35.5. The van der Waals surface area contributed by atoms with Gasteiger partial charge in [-0.2, -0.15) is 0 Å². The molecule has 0 heterocycles. The number of Topliss-reactive ketones (excluding diaryl/α,β-unsaturated/α-hetero) is 1. The van der Waals surface area contributed by atoms with E-state index >= 15 is 0 Å². The van der Waals surface area contributed by atoms with E-state index in [0.29, 0.717) is 0 Å². The zero-order valence-electron chi connectivity index (χ0n) is 3.47. The highest BCUT2D eigenvalue weighted by Gasteiger charge is 1.89. The molecule has 0 radical (unpaired) electrons. The molecule has 0 amide bonds. The second-order valence-electron chi connectivity index (χ2n) is 0.845. The molecule has 0 aromatic carbocycles. The molecule has 0 aliphatic carbocycles. The van der Waals surface area contributed by atoms with Gasteiger partial charge < -0.3 is 5.21 Å². The minimum absolute atomic E-state index is 0.135. The molecule has 0 aliphatic heterocycles. The summed E-state index contributed by atoms with van der Waals surface area (Å²) < 4.78 is 0. The number of halogens is 1. The Labute approximate surface area is 45.6 Å². The van der Waals surface area contributed by atoms with Crippen molar-refractivity contribution in [2.24, 2.45) is 5.16 Å². The second-order valence-corrected chi connectivity index (χ2v) is 1.11. The van der Waals surface area contributed by atoms with Crippen molar-refractivity contribution in [2.75, 3.05) is 5.88 Å². The minimum atomic E-state index is -0.399. The van der Waals surface area contributed by atoms with Gasteiger partial charge in [-0.3, -0.25) is 4.79 Å². The SMILES string of the molecule is O=C(/C=N\O)CCl. The fraction of sp³-hybridized carbons (Fsp3) is 0.333. The van der Waals surface area contributed by atoms with Crippen molar-refractivity contribution in [3.63, 3.8) is 0 Å². The number of oxime groups is 1. The molecular formula is C3H4ClNO2. The maximum Gasteiger partial charge on any atom is 0.191 e. The Morgan fingerprint density at radius 1 is 2.00 bits per heavy atom. The number of nitrogens with zero attached hydrogens (tertiary/aromatic N) is 1. The van der Waals surface area contributed by atoms with Gasteiger partial charge in [0.1, 0.15) is 6.21 Å². The van der Waals surface area contributed by atoms with E-state index in [0.717, 1.165) is 6.21 Å².